The molecule has 0 aliphatic carbocycles. The molecule has 0 atom stereocenters. The maximum Gasteiger partial charge on any atom is 0.0990 e. The van der Waals surface area contributed by atoms with Crippen molar-refractivity contribution in [2.24, 2.45) is 0 Å². The highest BCUT2D eigenvalue weighted by Gasteiger charge is 2.08. The smallest absolute Gasteiger partial charge is 0.0990 e. The van der Waals surface area contributed by atoms with E-state index in [9.17, 15) is 0 Å². The molecular weight excluding hydrogens is 282 g/mol. The van der Waals surface area contributed by atoms with Gasteiger partial charge in [0, 0.05) is 19.7 Å². The van der Waals surface area contributed by atoms with Gasteiger partial charge in [0.15, 0.2) is 0 Å². The summed E-state index contributed by atoms with van der Waals surface area (Å²) in [6, 6.07) is 0. The van der Waals surface area contributed by atoms with E-state index in [1.807, 2.05) is 0 Å². The third-order valence-electron chi connectivity index (χ3n) is 5.11. The Balaban J connectivity index is 1.67. The van der Waals surface area contributed by atoms with E-state index in [4.69, 9.17) is 4.74 Å². The average Bonchev–Trinajstić information content (AvgIpc) is 2.59. The van der Waals surface area contributed by atoms with E-state index in [1.165, 1.54) is 116 Å². The molecule has 1 aliphatic rings. The lowest BCUT2D eigenvalue weighted by Gasteiger charge is -2.26. The Labute approximate surface area is 146 Å². The summed E-state index contributed by atoms with van der Waals surface area (Å²) in [6.07, 6.45) is 22.9. The molecule has 0 aromatic rings. The first kappa shape index (κ1) is 21.0. The minimum atomic E-state index is 0.874. The van der Waals surface area contributed by atoms with Crippen molar-refractivity contribution in [2.75, 3.05) is 26.4 Å². The van der Waals surface area contributed by atoms with Gasteiger partial charge in [-0.3, -0.25) is 4.90 Å². The van der Waals surface area contributed by atoms with Crippen molar-refractivity contribution in [3.63, 3.8) is 0 Å². The lowest BCUT2D eigenvalue weighted by molar-refractivity contribution is -0.0138. The summed E-state index contributed by atoms with van der Waals surface area (Å²) in [5.41, 5.74) is 0. The van der Waals surface area contributed by atoms with Gasteiger partial charge in [0.25, 0.3) is 0 Å². The van der Waals surface area contributed by atoms with Gasteiger partial charge in [-0.25, -0.2) is 0 Å². The van der Waals surface area contributed by atoms with E-state index >= 15 is 0 Å². The van der Waals surface area contributed by atoms with E-state index in [1.54, 1.807) is 0 Å². The number of hydrogen-bond donors (Lipinski definition) is 0. The fourth-order valence-corrected chi connectivity index (χ4v) is 3.53. The van der Waals surface area contributed by atoms with Crippen molar-refractivity contribution in [1.82, 2.24) is 4.90 Å². The normalized spacial score (nSPS) is 16.0. The minimum Gasteiger partial charge on any atom is -0.366 e. The molecule has 2 nitrogen and oxygen atoms in total. The fraction of sp³-hybridized carbons (Fsp3) is 1.00. The summed E-state index contributed by atoms with van der Waals surface area (Å²) in [5, 5.41) is 0. The van der Waals surface area contributed by atoms with Gasteiger partial charge in [-0.2, -0.15) is 0 Å². The second-order valence-corrected chi connectivity index (χ2v) is 7.46. The van der Waals surface area contributed by atoms with E-state index in [2.05, 4.69) is 11.8 Å². The fourth-order valence-electron chi connectivity index (χ4n) is 3.53. The molecule has 0 saturated carbocycles. The first-order chi connectivity index (χ1) is 11.4. The maximum atomic E-state index is 5.48. The number of nitrogens with zero attached hydrogens (tertiary/aromatic N) is 1. The molecule has 23 heavy (non-hydrogen) atoms. The molecule has 1 rings (SSSR count). The summed E-state index contributed by atoms with van der Waals surface area (Å²) in [4.78, 5) is 2.46. The summed E-state index contributed by atoms with van der Waals surface area (Å²) < 4.78 is 5.48. The number of rotatable bonds is 16. The molecule has 0 unspecified atom stereocenters. The van der Waals surface area contributed by atoms with Crippen LogP contribution in [0.15, 0.2) is 0 Å². The van der Waals surface area contributed by atoms with Crippen LogP contribution in [-0.2, 0) is 4.74 Å². The van der Waals surface area contributed by atoms with E-state index < -0.39 is 0 Å². The monoisotopic (exact) mass is 325 g/mol. The Morgan fingerprint density at radius 3 is 1.57 bits per heavy atom. The van der Waals surface area contributed by atoms with Crippen molar-refractivity contribution < 1.29 is 4.74 Å². The third-order valence-corrected chi connectivity index (χ3v) is 5.11. The molecule has 1 fully saturated rings. The topological polar surface area (TPSA) is 12.5 Å². The van der Waals surface area contributed by atoms with E-state index in [-0.39, 0.29) is 0 Å². The molecule has 0 aromatic heterocycles. The highest BCUT2D eigenvalue weighted by atomic mass is 16.5. The zero-order valence-electron chi connectivity index (χ0n) is 16.0. The van der Waals surface area contributed by atoms with Crippen LogP contribution in [-0.4, -0.2) is 31.3 Å². The second-order valence-electron chi connectivity index (χ2n) is 7.46. The molecule has 0 aromatic carbocycles. The molecule has 0 radical (unpaired) electrons. The summed E-state index contributed by atoms with van der Waals surface area (Å²) in [7, 11) is 0. The lowest BCUT2D eigenvalue weighted by atomic mass is 10.0. The minimum absolute atomic E-state index is 0.874. The van der Waals surface area contributed by atoms with Crippen LogP contribution in [0.2, 0.25) is 0 Å². The molecule has 138 valence electrons. The zero-order chi connectivity index (χ0) is 16.4. The van der Waals surface area contributed by atoms with Gasteiger partial charge in [-0.1, -0.05) is 96.8 Å². The predicted octanol–water partition coefficient (Wildman–Crippen LogP) is 6.54. The molecule has 1 heterocycles. The van der Waals surface area contributed by atoms with Crippen LogP contribution >= 0.6 is 0 Å². The molecule has 0 bridgehead atoms. The first-order valence-electron chi connectivity index (χ1n) is 10.7. The molecule has 0 amide bonds. The molecule has 2 heteroatoms. The van der Waals surface area contributed by atoms with Crippen LogP contribution in [0, 0.1) is 0 Å². The van der Waals surface area contributed by atoms with Crippen molar-refractivity contribution >= 4 is 0 Å². The first-order valence-corrected chi connectivity index (χ1v) is 10.7. The van der Waals surface area contributed by atoms with Gasteiger partial charge in [0.1, 0.15) is 0 Å². The van der Waals surface area contributed by atoms with Crippen LogP contribution < -0.4 is 0 Å². The third kappa shape index (κ3) is 14.0. The van der Waals surface area contributed by atoms with Crippen LogP contribution in [0.25, 0.3) is 0 Å². The summed E-state index contributed by atoms with van der Waals surface area (Å²) >= 11 is 0. The quantitative estimate of drug-likeness (QED) is 0.299. The summed E-state index contributed by atoms with van der Waals surface area (Å²) in [5.74, 6) is 0. The van der Waals surface area contributed by atoms with Crippen LogP contribution in [0.5, 0.6) is 0 Å². The molecule has 1 aliphatic heterocycles. The van der Waals surface area contributed by atoms with Crippen molar-refractivity contribution in [3.8, 4) is 0 Å². The van der Waals surface area contributed by atoms with Crippen molar-refractivity contribution in [3.05, 3.63) is 0 Å². The molecule has 0 N–H and O–H groups in total. The Bertz CT molecular complexity index is 226. The Hall–Kier alpha value is -0.0800. The highest BCUT2D eigenvalue weighted by molar-refractivity contribution is 4.58. The SMILES string of the molecule is CCCCCCCCCCCCCCCCCN1CCCOC1. The van der Waals surface area contributed by atoms with Gasteiger partial charge in [0.2, 0.25) is 0 Å². The molecule has 0 spiro atoms. The highest BCUT2D eigenvalue weighted by Crippen LogP contribution is 2.13. The van der Waals surface area contributed by atoms with Gasteiger partial charge in [0.05, 0.1) is 6.73 Å². The van der Waals surface area contributed by atoms with Gasteiger partial charge in [-0.05, 0) is 12.8 Å². The van der Waals surface area contributed by atoms with Crippen LogP contribution in [0.1, 0.15) is 110 Å². The number of unbranched alkanes of at least 4 members (excludes halogenated alkanes) is 14. The molecule has 1 saturated heterocycles. The maximum absolute atomic E-state index is 5.48. The van der Waals surface area contributed by atoms with Gasteiger partial charge in [-0.15, -0.1) is 0 Å². The van der Waals surface area contributed by atoms with Crippen molar-refractivity contribution in [2.45, 2.75) is 110 Å². The number of ether oxygens (including phenoxy) is 1. The average molecular weight is 326 g/mol. The standard InChI is InChI=1S/C21H43NO/c1-2-3-4-5-6-7-8-9-10-11-12-13-14-15-16-18-22-19-17-20-23-21-22/h2-21H2,1H3. The summed E-state index contributed by atoms with van der Waals surface area (Å²) in [6.45, 7) is 6.63. The molecular formula is C21H43NO. The second kappa shape index (κ2) is 16.8. The largest absolute Gasteiger partial charge is 0.366 e. The lowest BCUT2D eigenvalue weighted by Crippen LogP contribution is -2.33. The van der Waals surface area contributed by atoms with E-state index in [0.717, 1.165) is 13.3 Å². The Morgan fingerprint density at radius 2 is 1.13 bits per heavy atom. The zero-order valence-corrected chi connectivity index (χ0v) is 16.0. The predicted molar refractivity (Wildman–Crippen MR) is 102 cm³/mol. The number of hydrogen-bond acceptors (Lipinski definition) is 2. The van der Waals surface area contributed by atoms with E-state index in [0.29, 0.717) is 0 Å². The van der Waals surface area contributed by atoms with Crippen molar-refractivity contribution in [1.29, 1.82) is 0 Å². The van der Waals surface area contributed by atoms with Gasteiger partial charge >= 0.3 is 0 Å². The Morgan fingerprint density at radius 1 is 0.652 bits per heavy atom. The Kier molecular flexibility index (Phi) is 15.3. The van der Waals surface area contributed by atoms with Crippen LogP contribution in [0.3, 0.4) is 0 Å². The van der Waals surface area contributed by atoms with Gasteiger partial charge < -0.3 is 4.74 Å². The van der Waals surface area contributed by atoms with Crippen LogP contribution in [0.4, 0.5) is 0 Å².